The molecule has 0 aliphatic carbocycles. The molecule has 13 heavy (non-hydrogen) atoms. The van der Waals surface area contributed by atoms with E-state index in [2.05, 4.69) is 49.1 Å². The molecule has 1 heterocycles. The highest BCUT2D eigenvalue weighted by atomic mass is 15.0. The SMILES string of the molecule is CNC(C)c1ccn(CC(C)C)c1. The molecule has 0 saturated carbocycles. The highest BCUT2D eigenvalue weighted by Gasteiger charge is 2.04. The minimum atomic E-state index is 0.452. The minimum Gasteiger partial charge on any atom is -0.354 e. The van der Waals surface area contributed by atoms with Crippen LogP contribution in [0.5, 0.6) is 0 Å². The molecule has 2 nitrogen and oxygen atoms in total. The molecule has 0 radical (unpaired) electrons. The molecule has 0 spiro atoms. The number of aromatic nitrogens is 1. The van der Waals surface area contributed by atoms with Crippen LogP contribution < -0.4 is 5.32 Å². The second-order valence-electron chi connectivity index (χ2n) is 4.05. The van der Waals surface area contributed by atoms with E-state index < -0.39 is 0 Å². The molecule has 0 amide bonds. The van der Waals surface area contributed by atoms with Gasteiger partial charge in [0.25, 0.3) is 0 Å². The maximum absolute atomic E-state index is 3.23. The van der Waals surface area contributed by atoms with E-state index >= 15 is 0 Å². The van der Waals surface area contributed by atoms with Crippen LogP contribution in [-0.4, -0.2) is 11.6 Å². The van der Waals surface area contributed by atoms with Crippen molar-refractivity contribution >= 4 is 0 Å². The van der Waals surface area contributed by atoms with Gasteiger partial charge < -0.3 is 9.88 Å². The van der Waals surface area contributed by atoms with E-state index in [1.807, 2.05) is 7.05 Å². The quantitative estimate of drug-likeness (QED) is 0.753. The fraction of sp³-hybridized carbons (Fsp3) is 0.636. The van der Waals surface area contributed by atoms with Gasteiger partial charge >= 0.3 is 0 Å². The summed E-state index contributed by atoms with van der Waals surface area (Å²) in [6, 6.07) is 2.64. The Hall–Kier alpha value is -0.760. The van der Waals surface area contributed by atoms with Crippen LogP contribution in [0, 0.1) is 5.92 Å². The molecule has 1 aromatic heterocycles. The Bertz CT molecular complexity index is 250. The third kappa shape index (κ3) is 2.88. The molecule has 1 unspecified atom stereocenters. The van der Waals surface area contributed by atoms with Crippen molar-refractivity contribution in [2.45, 2.75) is 33.4 Å². The third-order valence-corrected chi connectivity index (χ3v) is 2.28. The molecular weight excluding hydrogens is 160 g/mol. The Morgan fingerprint density at radius 3 is 2.62 bits per heavy atom. The Kier molecular flexibility index (Phi) is 3.55. The van der Waals surface area contributed by atoms with Crippen LogP contribution in [0.3, 0.4) is 0 Å². The molecule has 74 valence electrons. The molecule has 0 aliphatic heterocycles. The molecule has 1 atom stereocenters. The maximum atomic E-state index is 3.23. The van der Waals surface area contributed by atoms with E-state index in [0.29, 0.717) is 12.0 Å². The highest BCUT2D eigenvalue weighted by Crippen LogP contribution is 2.12. The van der Waals surface area contributed by atoms with E-state index in [1.54, 1.807) is 0 Å². The minimum absolute atomic E-state index is 0.452. The summed E-state index contributed by atoms with van der Waals surface area (Å²) in [7, 11) is 1.99. The fourth-order valence-electron chi connectivity index (χ4n) is 1.42. The van der Waals surface area contributed by atoms with E-state index in [9.17, 15) is 0 Å². The topological polar surface area (TPSA) is 17.0 Å². The smallest absolute Gasteiger partial charge is 0.0304 e. The lowest BCUT2D eigenvalue weighted by atomic mass is 10.2. The largest absolute Gasteiger partial charge is 0.354 e. The van der Waals surface area contributed by atoms with Crippen molar-refractivity contribution in [2.75, 3.05) is 7.05 Å². The van der Waals surface area contributed by atoms with Gasteiger partial charge in [-0.3, -0.25) is 0 Å². The number of nitrogens with zero attached hydrogens (tertiary/aromatic N) is 1. The zero-order valence-corrected chi connectivity index (χ0v) is 9.04. The third-order valence-electron chi connectivity index (χ3n) is 2.28. The molecular formula is C11H20N2. The summed E-state index contributed by atoms with van der Waals surface area (Å²) in [5, 5.41) is 3.23. The first-order valence-corrected chi connectivity index (χ1v) is 4.96. The average Bonchev–Trinajstić information content (AvgIpc) is 2.50. The van der Waals surface area contributed by atoms with Crippen molar-refractivity contribution < 1.29 is 0 Å². The van der Waals surface area contributed by atoms with Crippen LogP contribution in [0.2, 0.25) is 0 Å². The van der Waals surface area contributed by atoms with E-state index in [1.165, 1.54) is 5.56 Å². The molecule has 0 fully saturated rings. The second kappa shape index (κ2) is 4.47. The summed E-state index contributed by atoms with van der Waals surface area (Å²) in [4.78, 5) is 0. The lowest BCUT2D eigenvalue weighted by Crippen LogP contribution is -2.11. The van der Waals surface area contributed by atoms with Gasteiger partial charge in [-0.2, -0.15) is 0 Å². The van der Waals surface area contributed by atoms with Gasteiger partial charge in [-0.25, -0.2) is 0 Å². The zero-order chi connectivity index (χ0) is 9.84. The van der Waals surface area contributed by atoms with Crippen LogP contribution in [0.25, 0.3) is 0 Å². The molecule has 0 aromatic carbocycles. The van der Waals surface area contributed by atoms with Gasteiger partial charge in [-0.1, -0.05) is 13.8 Å². The fourth-order valence-corrected chi connectivity index (χ4v) is 1.42. The van der Waals surface area contributed by atoms with Gasteiger partial charge in [0.1, 0.15) is 0 Å². The molecule has 1 N–H and O–H groups in total. The lowest BCUT2D eigenvalue weighted by molar-refractivity contribution is 0.522. The highest BCUT2D eigenvalue weighted by molar-refractivity contribution is 5.14. The summed E-state index contributed by atoms with van der Waals surface area (Å²) in [5.74, 6) is 0.713. The summed E-state index contributed by atoms with van der Waals surface area (Å²) >= 11 is 0. The van der Waals surface area contributed by atoms with Crippen LogP contribution in [0.4, 0.5) is 0 Å². The standard InChI is InChI=1S/C11H20N2/c1-9(2)7-13-6-5-11(8-13)10(3)12-4/h5-6,8-10,12H,7H2,1-4H3. The van der Waals surface area contributed by atoms with Crippen molar-refractivity contribution in [1.82, 2.24) is 9.88 Å². The van der Waals surface area contributed by atoms with Crippen molar-refractivity contribution in [3.05, 3.63) is 24.0 Å². The first-order valence-electron chi connectivity index (χ1n) is 4.96. The van der Waals surface area contributed by atoms with Crippen LogP contribution >= 0.6 is 0 Å². The normalized spacial score (nSPS) is 13.6. The zero-order valence-electron chi connectivity index (χ0n) is 9.04. The van der Waals surface area contributed by atoms with E-state index in [0.717, 1.165) is 6.54 Å². The van der Waals surface area contributed by atoms with Crippen molar-refractivity contribution in [2.24, 2.45) is 5.92 Å². The molecule has 1 rings (SSSR count). The number of nitrogens with one attached hydrogen (secondary N) is 1. The van der Waals surface area contributed by atoms with E-state index in [-0.39, 0.29) is 0 Å². The van der Waals surface area contributed by atoms with Crippen molar-refractivity contribution in [3.8, 4) is 0 Å². The first kappa shape index (κ1) is 10.3. The van der Waals surface area contributed by atoms with Crippen LogP contribution in [-0.2, 0) is 6.54 Å². The van der Waals surface area contributed by atoms with Gasteiger partial charge in [0.15, 0.2) is 0 Å². The summed E-state index contributed by atoms with van der Waals surface area (Å²) in [6.07, 6.45) is 4.38. The van der Waals surface area contributed by atoms with Crippen LogP contribution in [0.15, 0.2) is 18.5 Å². The summed E-state index contributed by atoms with van der Waals surface area (Å²) in [6.45, 7) is 7.76. The van der Waals surface area contributed by atoms with Crippen molar-refractivity contribution in [1.29, 1.82) is 0 Å². The maximum Gasteiger partial charge on any atom is 0.0304 e. The van der Waals surface area contributed by atoms with Crippen LogP contribution in [0.1, 0.15) is 32.4 Å². The van der Waals surface area contributed by atoms with Gasteiger partial charge in [0.2, 0.25) is 0 Å². The molecule has 0 bridgehead atoms. The average molecular weight is 180 g/mol. The Morgan fingerprint density at radius 2 is 2.08 bits per heavy atom. The summed E-state index contributed by atoms with van der Waals surface area (Å²) < 4.78 is 2.26. The van der Waals surface area contributed by atoms with Gasteiger partial charge in [0, 0.05) is 25.0 Å². The molecule has 0 saturated heterocycles. The lowest BCUT2D eigenvalue weighted by Gasteiger charge is -2.08. The van der Waals surface area contributed by atoms with Gasteiger partial charge in [-0.15, -0.1) is 0 Å². The molecule has 1 aromatic rings. The molecule has 0 aliphatic rings. The number of rotatable bonds is 4. The van der Waals surface area contributed by atoms with E-state index in [4.69, 9.17) is 0 Å². The first-order chi connectivity index (χ1) is 6.13. The van der Waals surface area contributed by atoms with Gasteiger partial charge in [-0.05, 0) is 31.5 Å². The predicted octanol–water partition coefficient (Wildman–Crippen LogP) is 2.42. The Balaban J connectivity index is 2.63. The summed E-state index contributed by atoms with van der Waals surface area (Å²) in [5.41, 5.74) is 1.36. The predicted molar refractivity (Wildman–Crippen MR) is 56.7 cm³/mol. The Labute approximate surface area is 81.0 Å². The number of hydrogen-bond acceptors (Lipinski definition) is 1. The second-order valence-corrected chi connectivity index (χ2v) is 4.05. The van der Waals surface area contributed by atoms with Gasteiger partial charge in [0.05, 0.1) is 0 Å². The van der Waals surface area contributed by atoms with Crippen molar-refractivity contribution in [3.63, 3.8) is 0 Å². The Morgan fingerprint density at radius 1 is 1.38 bits per heavy atom. The molecule has 2 heteroatoms. The monoisotopic (exact) mass is 180 g/mol. The number of hydrogen-bond donors (Lipinski definition) is 1.